The van der Waals surface area contributed by atoms with Crippen molar-refractivity contribution in [2.24, 2.45) is 5.10 Å². The van der Waals surface area contributed by atoms with Crippen molar-refractivity contribution < 1.29 is 19.0 Å². The summed E-state index contributed by atoms with van der Waals surface area (Å²) in [6, 6.07) is 12.8. The SMILES string of the molecule is CCc1cc(C)cc(OCCOc2c(Cl)cc(/C=N/NC(=O)c3ccncc3)cc2OC)c1. The summed E-state index contributed by atoms with van der Waals surface area (Å²) in [7, 11) is 1.53. The minimum Gasteiger partial charge on any atom is -0.493 e. The van der Waals surface area contributed by atoms with Gasteiger partial charge in [0.25, 0.3) is 5.91 Å². The van der Waals surface area contributed by atoms with Gasteiger partial charge < -0.3 is 14.2 Å². The molecule has 1 heterocycles. The molecule has 7 nitrogen and oxygen atoms in total. The van der Waals surface area contributed by atoms with Crippen LogP contribution in [0.25, 0.3) is 0 Å². The van der Waals surface area contributed by atoms with Crippen LogP contribution in [0.15, 0.2) is 60.0 Å². The molecule has 0 radical (unpaired) electrons. The summed E-state index contributed by atoms with van der Waals surface area (Å²) < 4.78 is 17.1. The Bertz CT molecular complexity index is 1120. The molecule has 1 aromatic heterocycles. The number of pyridine rings is 1. The third-order valence-corrected chi connectivity index (χ3v) is 4.97. The van der Waals surface area contributed by atoms with Gasteiger partial charge in [-0.05, 0) is 66.4 Å². The van der Waals surface area contributed by atoms with Crippen LogP contribution in [0.4, 0.5) is 0 Å². The normalized spacial score (nSPS) is 10.8. The van der Waals surface area contributed by atoms with E-state index in [1.54, 1.807) is 24.3 Å². The van der Waals surface area contributed by atoms with Gasteiger partial charge in [-0.3, -0.25) is 9.78 Å². The summed E-state index contributed by atoms with van der Waals surface area (Å²) in [6.45, 7) is 4.80. The third kappa shape index (κ3) is 6.95. The van der Waals surface area contributed by atoms with Crippen LogP contribution in [0.5, 0.6) is 17.2 Å². The predicted molar refractivity (Wildman–Crippen MR) is 129 cm³/mol. The zero-order valence-electron chi connectivity index (χ0n) is 18.8. The van der Waals surface area contributed by atoms with Gasteiger partial charge in [0.15, 0.2) is 11.5 Å². The van der Waals surface area contributed by atoms with Crippen LogP contribution in [0.1, 0.15) is 34.0 Å². The Balaban J connectivity index is 1.58. The Labute approximate surface area is 198 Å². The summed E-state index contributed by atoms with van der Waals surface area (Å²) in [5.41, 5.74) is 5.94. The maximum atomic E-state index is 12.0. The average molecular weight is 468 g/mol. The Morgan fingerprint density at radius 3 is 2.61 bits per heavy atom. The van der Waals surface area contributed by atoms with Crippen molar-refractivity contribution in [1.82, 2.24) is 10.4 Å². The Morgan fingerprint density at radius 1 is 1.12 bits per heavy atom. The fraction of sp³-hybridized carbons (Fsp3) is 0.240. The van der Waals surface area contributed by atoms with Crippen LogP contribution >= 0.6 is 11.6 Å². The number of ether oxygens (including phenoxy) is 3. The lowest BCUT2D eigenvalue weighted by molar-refractivity contribution is 0.0955. The number of rotatable bonds is 10. The molecule has 33 heavy (non-hydrogen) atoms. The highest BCUT2D eigenvalue weighted by molar-refractivity contribution is 6.32. The van der Waals surface area contributed by atoms with Gasteiger partial charge in [-0.25, -0.2) is 5.43 Å². The van der Waals surface area contributed by atoms with Gasteiger partial charge in [-0.15, -0.1) is 0 Å². The van der Waals surface area contributed by atoms with E-state index in [2.05, 4.69) is 28.5 Å². The van der Waals surface area contributed by atoms with Gasteiger partial charge in [0.2, 0.25) is 0 Å². The topological polar surface area (TPSA) is 82.0 Å². The second kappa shape index (κ2) is 11.9. The van der Waals surface area contributed by atoms with Crippen molar-refractivity contribution in [2.45, 2.75) is 20.3 Å². The average Bonchev–Trinajstić information content (AvgIpc) is 2.82. The molecule has 1 amide bonds. The number of methoxy groups -OCH3 is 1. The lowest BCUT2D eigenvalue weighted by Crippen LogP contribution is -2.17. The van der Waals surface area contributed by atoms with Gasteiger partial charge in [0.1, 0.15) is 19.0 Å². The quantitative estimate of drug-likeness (QED) is 0.262. The molecule has 0 aliphatic carbocycles. The van der Waals surface area contributed by atoms with E-state index in [1.807, 2.05) is 19.1 Å². The number of benzene rings is 2. The van der Waals surface area contributed by atoms with Gasteiger partial charge in [0, 0.05) is 18.0 Å². The van der Waals surface area contributed by atoms with Crippen LogP contribution < -0.4 is 19.6 Å². The number of carbonyl (C=O) groups is 1. The van der Waals surface area contributed by atoms with E-state index >= 15 is 0 Å². The molecule has 0 spiro atoms. The number of halogens is 1. The first-order valence-corrected chi connectivity index (χ1v) is 10.8. The maximum absolute atomic E-state index is 12.0. The largest absolute Gasteiger partial charge is 0.493 e. The molecular weight excluding hydrogens is 442 g/mol. The predicted octanol–water partition coefficient (Wildman–Crippen LogP) is 4.84. The van der Waals surface area contributed by atoms with Crippen LogP contribution in [-0.2, 0) is 6.42 Å². The standard InChI is InChI=1S/C25H26ClN3O4/c1-4-18-11-17(2)12-21(13-18)32-9-10-33-24-22(26)14-19(15-23(24)31-3)16-28-29-25(30)20-5-7-27-8-6-20/h5-8,11-16H,4,9-10H2,1-3H3,(H,29,30)/b28-16+. The van der Waals surface area contributed by atoms with E-state index < -0.39 is 0 Å². The third-order valence-electron chi connectivity index (χ3n) is 4.69. The Kier molecular flexibility index (Phi) is 8.66. The molecule has 8 heteroatoms. The van der Waals surface area contributed by atoms with E-state index in [9.17, 15) is 4.79 Å². The van der Waals surface area contributed by atoms with Crippen LogP contribution in [0.3, 0.4) is 0 Å². The number of nitrogens with one attached hydrogen (secondary N) is 1. The summed E-state index contributed by atoms with van der Waals surface area (Å²) in [5, 5.41) is 4.34. The van der Waals surface area contributed by atoms with Crippen LogP contribution in [0.2, 0.25) is 5.02 Å². The van der Waals surface area contributed by atoms with Gasteiger partial charge in [0.05, 0.1) is 18.3 Å². The molecular formula is C25H26ClN3O4. The maximum Gasteiger partial charge on any atom is 0.271 e. The number of amides is 1. The number of hydrazone groups is 1. The van der Waals surface area contributed by atoms with Crippen molar-refractivity contribution >= 4 is 23.7 Å². The lowest BCUT2D eigenvalue weighted by atomic mass is 10.1. The van der Waals surface area contributed by atoms with Crippen molar-refractivity contribution in [3.8, 4) is 17.2 Å². The summed E-state index contributed by atoms with van der Waals surface area (Å²) in [5.74, 6) is 1.34. The molecule has 0 saturated heterocycles. The first-order valence-electron chi connectivity index (χ1n) is 10.5. The minimum absolute atomic E-state index is 0.293. The summed E-state index contributed by atoms with van der Waals surface area (Å²) >= 11 is 6.41. The van der Waals surface area contributed by atoms with E-state index in [0.717, 1.165) is 17.7 Å². The number of nitrogens with zero attached hydrogens (tertiary/aromatic N) is 2. The minimum atomic E-state index is -0.341. The highest BCUT2D eigenvalue weighted by Gasteiger charge is 2.12. The highest BCUT2D eigenvalue weighted by Crippen LogP contribution is 2.36. The second-order valence-corrected chi connectivity index (χ2v) is 7.58. The van der Waals surface area contributed by atoms with Gasteiger partial charge >= 0.3 is 0 Å². The monoisotopic (exact) mass is 467 g/mol. The summed E-state index contributed by atoms with van der Waals surface area (Å²) in [6.07, 6.45) is 5.50. The molecule has 172 valence electrons. The number of carbonyl (C=O) groups excluding carboxylic acids is 1. The number of hydrogen-bond acceptors (Lipinski definition) is 6. The van der Waals surface area contributed by atoms with Crippen molar-refractivity contribution in [3.05, 3.63) is 82.1 Å². The lowest BCUT2D eigenvalue weighted by Gasteiger charge is -2.14. The molecule has 0 saturated carbocycles. The molecule has 3 aromatic rings. The number of aromatic nitrogens is 1. The Hall–Kier alpha value is -3.58. The van der Waals surface area contributed by atoms with Gasteiger partial charge in [-0.2, -0.15) is 5.10 Å². The van der Waals surface area contributed by atoms with E-state index in [0.29, 0.717) is 40.9 Å². The highest BCUT2D eigenvalue weighted by atomic mass is 35.5. The molecule has 1 N–H and O–H groups in total. The van der Waals surface area contributed by atoms with E-state index in [-0.39, 0.29) is 5.91 Å². The van der Waals surface area contributed by atoms with Crippen molar-refractivity contribution in [1.29, 1.82) is 0 Å². The van der Waals surface area contributed by atoms with E-state index in [4.69, 9.17) is 25.8 Å². The van der Waals surface area contributed by atoms with E-state index in [1.165, 1.54) is 31.3 Å². The molecule has 0 aliphatic heterocycles. The molecule has 0 unspecified atom stereocenters. The first kappa shape index (κ1) is 24.1. The fourth-order valence-corrected chi connectivity index (χ4v) is 3.38. The van der Waals surface area contributed by atoms with Crippen molar-refractivity contribution in [3.63, 3.8) is 0 Å². The van der Waals surface area contributed by atoms with Gasteiger partial charge in [-0.1, -0.05) is 24.6 Å². The first-order chi connectivity index (χ1) is 16.0. The fourth-order valence-electron chi connectivity index (χ4n) is 3.10. The smallest absolute Gasteiger partial charge is 0.271 e. The molecule has 3 rings (SSSR count). The van der Waals surface area contributed by atoms with Crippen LogP contribution in [-0.4, -0.2) is 37.4 Å². The molecule has 0 aliphatic rings. The zero-order valence-corrected chi connectivity index (χ0v) is 19.6. The number of hydrogen-bond donors (Lipinski definition) is 1. The number of aryl methyl sites for hydroxylation is 2. The van der Waals surface area contributed by atoms with Crippen LogP contribution in [0, 0.1) is 6.92 Å². The molecule has 2 aromatic carbocycles. The second-order valence-electron chi connectivity index (χ2n) is 7.17. The van der Waals surface area contributed by atoms with Crippen molar-refractivity contribution in [2.75, 3.05) is 20.3 Å². The molecule has 0 bridgehead atoms. The molecule has 0 atom stereocenters. The Morgan fingerprint density at radius 2 is 1.88 bits per heavy atom. The summed E-state index contributed by atoms with van der Waals surface area (Å²) in [4.78, 5) is 15.9. The zero-order chi connectivity index (χ0) is 23.6. The molecule has 0 fully saturated rings.